The number of hydrogen-bond donors (Lipinski definition) is 5. The van der Waals surface area contributed by atoms with Crippen molar-refractivity contribution in [1.82, 2.24) is 24.6 Å². The van der Waals surface area contributed by atoms with Crippen molar-refractivity contribution < 1.29 is 33.6 Å². The molecule has 0 spiro atoms. The predicted octanol–water partition coefficient (Wildman–Crippen LogP) is 0.130. The maximum absolute atomic E-state index is 13.3. The highest BCUT2D eigenvalue weighted by Crippen LogP contribution is 2.56. The van der Waals surface area contributed by atoms with Crippen LogP contribution in [0.1, 0.15) is 33.9 Å². The molecule has 0 radical (unpaired) electrons. The molecule has 16 heteroatoms. The summed E-state index contributed by atoms with van der Waals surface area (Å²) in [5.74, 6) is -0.328. The zero-order chi connectivity index (χ0) is 25.3. The Kier molecular flexibility index (Phi) is 8.07. The van der Waals surface area contributed by atoms with Crippen LogP contribution in [0, 0.1) is 0 Å². The highest BCUT2D eigenvalue weighted by molar-refractivity contribution is 8.56. The Morgan fingerprint density at radius 2 is 2.24 bits per heavy atom. The lowest BCUT2D eigenvalue weighted by Crippen LogP contribution is -2.44. The predicted molar refractivity (Wildman–Crippen MR) is 124 cm³/mol. The molecule has 1 aliphatic heterocycles. The number of aromatic amines is 1. The molecule has 3 rings (SSSR count). The molecule has 1 aliphatic rings. The number of hydrogen-bond acceptors (Lipinski definition) is 12. The molecular weight excluding hydrogens is 491 g/mol. The summed E-state index contributed by atoms with van der Waals surface area (Å²) in [5.41, 5.74) is 3.23. The van der Waals surface area contributed by atoms with Crippen molar-refractivity contribution in [3.63, 3.8) is 0 Å². The van der Waals surface area contributed by atoms with Crippen LogP contribution in [0.3, 0.4) is 0 Å². The third kappa shape index (κ3) is 5.30. The molecular formula is C18H29N6O8PS. The van der Waals surface area contributed by atoms with Gasteiger partial charge in [0.15, 0.2) is 17.4 Å². The lowest BCUT2D eigenvalue weighted by atomic mass is 9.96. The average molecular weight is 521 g/mol. The second-order valence-electron chi connectivity index (χ2n) is 7.79. The van der Waals surface area contributed by atoms with Crippen LogP contribution >= 0.6 is 18.1 Å². The maximum Gasteiger partial charge on any atom is 0.327 e. The van der Waals surface area contributed by atoms with E-state index < -0.39 is 48.3 Å². The molecule has 0 aliphatic carbocycles. The van der Waals surface area contributed by atoms with Gasteiger partial charge in [0.05, 0.1) is 19.5 Å². The molecule has 6 N–H and O–H groups in total. The van der Waals surface area contributed by atoms with Crippen molar-refractivity contribution >= 4 is 41.2 Å². The van der Waals surface area contributed by atoms with Crippen molar-refractivity contribution in [2.75, 3.05) is 24.7 Å². The number of carbonyl (C=O) groups excluding carboxylic acids is 1. The molecule has 0 saturated carbocycles. The van der Waals surface area contributed by atoms with Gasteiger partial charge in [-0.1, -0.05) is 18.3 Å². The zero-order valence-corrected chi connectivity index (χ0v) is 20.8. The number of aromatic nitrogens is 4. The molecule has 34 heavy (non-hydrogen) atoms. The monoisotopic (exact) mass is 520 g/mol. The number of nitrogen functional groups attached to an aromatic ring is 1. The fraction of sp³-hybridized carbons (Fsp3) is 0.667. The number of nitrogens with one attached hydrogen (secondary N) is 2. The molecule has 0 aromatic carbocycles. The van der Waals surface area contributed by atoms with Crippen LogP contribution in [0.15, 0.2) is 11.1 Å². The number of rotatable bonds is 10. The van der Waals surface area contributed by atoms with Gasteiger partial charge in [-0.3, -0.25) is 23.7 Å². The van der Waals surface area contributed by atoms with Crippen LogP contribution in [0.2, 0.25) is 0 Å². The molecule has 2 aromatic rings. The highest BCUT2D eigenvalue weighted by Gasteiger charge is 2.54. The summed E-state index contributed by atoms with van der Waals surface area (Å²) in [6, 6.07) is -0.901. The number of imidazole rings is 1. The van der Waals surface area contributed by atoms with Gasteiger partial charge in [0.1, 0.15) is 23.9 Å². The standard InChI is InChI=1S/C18H29N6O8PS/c1-5-30-15(27)9(3)23-33(29,34-6-2)31-7-10-12(25)18(4,28)16(32-10)24-8-20-11-13(24)21-17(19)22-14(11)26/h8-10,12,16,25,28H,5-7H2,1-4H3,(H,23,29)(H3,19,21,22,26). The van der Waals surface area contributed by atoms with E-state index in [1.807, 2.05) is 0 Å². The third-order valence-electron chi connectivity index (χ3n) is 5.16. The van der Waals surface area contributed by atoms with Crippen LogP contribution in [0.5, 0.6) is 0 Å². The van der Waals surface area contributed by atoms with Crippen LogP contribution in [0.25, 0.3) is 11.2 Å². The van der Waals surface area contributed by atoms with Gasteiger partial charge in [-0.05, 0) is 20.8 Å². The first-order chi connectivity index (χ1) is 15.9. The minimum Gasteiger partial charge on any atom is -0.465 e. The minimum atomic E-state index is -3.61. The van der Waals surface area contributed by atoms with E-state index in [0.29, 0.717) is 5.75 Å². The summed E-state index contributed by atoms with van der Waals surface area (Å²) in [6.45, 7) is 2.46. The summed E-state index contributed by atoms with van der Waals surface area (Å²) >= 11 is 0.968. The Bertz CT molecular complexity index is 1140. The van der Waals surface area contributed by atoms with E-state index in [-0.39, 0.29) is 30.3 Å². The number of fused-ring (bicyclic) bond motifs is 1. The van der Waals surface area contributed by atoms with Gasteiger partial charge in [0.2, 0.25) is 5.95 Å². The van der Waals surface area contributed by atoms with Gasteiger partial charge in [0.25, 0.3) is 5.56 Å². The van der Waals surface area contributed by atoms with E-state index in [1.54, 1.807) is 13.8 Å². The summed E-state index contributed by atoms with van der Waals surface area (Å²) in [7, 11) is 0. The lowest BCUT2D eigenvalue weighted by molar-refractivity contribution is -0.144. The summed E-state index contributed by atoms with van der Waals surface area (Å²) in [6.07, 6.45) is -2.54. The van der Waals surface area contributed by atoms with E-state index in [0.717, 1.165) is 11.4 Å². The molecule has 14 nitrogen and oxygen atoms in total. The minimum absolute atomic E-state index is 0.0243. The SMILES string of the molecule is CCOC(=O)C(C)NP(=O)(OCC1OC(n2cnc3c(=O)[nH]c(N)nc32)C(C)(O)C1O)SCC. The van der Waals surface area contributed by atoms with E-state index in [1.165, 1.54) is 24.7 Å². The first-order valence-corrected chi connectivity index (χ1v) is 13.8. The van der Waals surface area contributed by atoms with Crippen LogP contribution in [0.4, 0.5) is 5.95 Å². The molecule has 6 atom stereocenters. The average Bonchev–Trinajstić information content (AvgIpc) is 3.26. The van der Waals surface area contributed by atoms with Gasteiger partial charge < -0.3 is 29.9 Å². The second kappa shape index (κ2) is 10.3. The first kappa shape index (κ1) is 26.6. The molecule has 1 saturated heterocycles. The van der Waals surface area contributed by atoms with Gasteiger partial charge in [-0.15, -0.1) is 0 Å². The van der Waals surface area contributed by atoms with E-state index in [2.05, 4.69) is 20.0 Å². The van der Waals surface area contributed by atoms with Crippen molar-refractivity contribution in [3.8, 4) is 0 Å². The molecule has 0 bridgehead atoms. The number of carbonyl (C=O) groups is 1. The fourth-order valence-corrected chi connectivity index (χ4v) is 7.11. The number of esters is 1. The van der Waals surface area contributed by atoms with Crippen LogP contribution in [-0.2, 0) is 23.4 Å². The fourth-order valence-electron chi connectivity index (χ4n) is 3.50. The molecule has 2 aromatic heterocycles. The largest absolute Gasteiger partial charge is 0.465 e. The van der Waals surface area contributed by atoms with E-state index >= 15 is 0 Å². The Labute approximate surface area is 198 Å². The number of nitrogens with two attached hydrogens (primary N) is 1. The van der Waals surface area contributed by atoms with Gasteiger partial charge in [0, 0.05) is 5.75 Å². The van der Waals surface area contributed by atoms with Gasteiger partial charge in [-0.2, -0.15) is 4.98 Å². The summed E-state index contributed by atoms with van der Waals surface area (Å²) in [4.78, 5) is 34.4. The van der Waals surface area contributed by atoms with E-state index in [4.69, 9.17) is 19.7 Å². The topological polar surface area (TPSA) is 204 Å². The quantitative estimate of drug-likeness (QED) is 0.209. The van der Waals surface area contributed by atoms with Crippen LogP contribution in [-0.4, -0.2) is 78.5 Å². The Balaban J connectivity index is 1.79. The Morgan fingerprint density at radius 3 is 2.88 bits per heavy atom. The number of H-pyrrole nitrogens is 1. The van der Waals surface area contributed by atoms with Gasteiger partial charge in [-0.25, -0.2) is 10.1 Å². The van der Waals surface area contributed by atoms with Crippen molar-refractivity contribution in [3.05, 3.63) is 16.7 Å². The molecule has 0 amide bonds. The molecule has 1 fully saturated rings. The number of nitrogens with zero attached hydrogens (tertiary/aromatic N) is 3. The zero-order valence-electron chi connectivity index (χ0n) is 19.1. The highest BCUT2D eigenvalue weighted by atomic mass is 32.7. The van der Waals surface area contributed by atoms with Crippen molar-refractivity contribution in [2.24, 2.45) is 0 Å². The van der Waals surface area contributed by atoms with Crippen molar-refractivity contribution in [1.29, 1.82) is 0 Å². The molecule has 190 valence electrons. The van der Waals surface area contributed by atoms with E-state index in [9.17, 15) is 24.4 Å². The van der Waals surface area contributed by atoms with Gasteiger partial charge >= 0.3 is 12.7 Å². The second-order valence-corrected chi connectivity index (χ2v) is 12.4. The first-order valence-electron chi connectivity index (χ1n) is 10.5. The summed E-state index contributed by atoms with van der Waals surface area (Å²) in [5, 5.41) is 24.4. The maximum atomic E-state index is 13.3. The van der Waals surface area contributed by atoms with Crippen LogP contribution < -0.4 is 16.4 Å². The number of aliphatic hydroxyl groups excluding tert-OH is 1. The number of anilines is 1. The van der Waals surface area contributed by atoms with Crippen molar-refractivity contribution in [2.45, 2.75) is 57.8 Å². The number of ether oxygens (including phenoxy) is 2. The smallest absolute Gasteiger partial charge is 0.327 e. The number of aliphatic hydroxyl groups is 2. The lowest BCUT2D eigenvalue weighted by Gasteiger charge is -2.27. The summed E-state index contributed by atoms with van der Waals surface area (Å²) < 4.78 is 30.9. The Morgan fingerprint density at radius 1 is 1.53 bits per heavy atom. The molecule has 3 heterocycles. The molecule has 6 unspecified atom stereocenters. The third-order valence-corrected chi connectivity index (χ3v) is 9.38. The normalized spacial score (nSPS) is 27.5. The Hall–Kier alpha value is -2.00.